The predicted molar refractivity (Wildman–Crippen MR) is 91.9 cm³/mol. The Hall–Kier alpha value is -2.86. The van der Waals surface area contributed by atoms with Crippen molar-refractivity contribution in [2.24, 2.45) is 0 Å². The minimum Gasteiger partial charge on any atom is -0.233 e. The van der Waals surface area contributed by atoms with Gasteiger partial charge in [0.05, 0.1) is 29.0 Å². The molecule has 0 N–H and O–H groups in total. The zero-order valence-corrected chi connectivity index (χ0v) is 13.0. The summed E-state index contributed by atoms with van der Waals surface area (Å²) in [5, 5.41) is 14.5. The summed E-state index contributed by atoms with van der Waals surface area (Å²) >= 11 is 0. The van der Waals surface area contributed by atoms with Gasteiger partial charge in [0.2, 0.25) is 0 Å². The van der Waals surface area contributed by atoms with Gasteiger partial charge in [-0.15, -0.1) is 0 Å². The van der Waals surface area contributed by atoms with Crippen LogP contribution in [-0.2, 0) is 0 Å². The van der Waals surface area contributed by atoms with Crippen LogP contribution in [0.4, 0.5) is 0 Å². The Balaban J connectivity index is 1.76. The standard InChI is InChI=1S/C20H17N3/c1-2-19(17-8-6-16(7-9-17)15-4-5-15)23-20-10-3-14(12-21)11-18(20)13-22-23/h2-3,6-11,13,15H,4-5H2,1H3. The van der Waals surface area contributed by atoms with Crippen LogP contribution in [0.3, 0.4) is 0 Å². The van der Waals surface area contributed by atoms with Gasteiger partial charge >= 0.3 is 0 Å². The molecule has 1 heterocycles. The van der Waals surface area contributed by atoms with Crippen molar-refractivity contribution in [3.63, 3.8) is 0 Å². The lowest BCUT2D eigenvalue weighted by Gasteiger charge is -2.10. The SMILES string of the molecule is CC=C(c1ccc(C2CC2)cc1)n1ncc2cc(C#N)ccc21. The van der Waals surface area contributed by atoms with Gasteiger partial charge in [0.1, 0.15) is 0 Å². The maximum Gasteiger partial charge on any atom is 0.0991 e. The van der Waals surface area contributed by atoms with Crippen LogP contribution in [-0.4, -0.2) is 9.78 Å². The van der Waals surface area contributed by atoms with Crippen LogP contribution in [0.1, 0.15) is 42.4 Å². The average Bonchev–Trinajstić information content (AvgIpc) is 3.37. The zero-order valence-electron chi connectivity index (χ0n) is 13.0. The van der Waals surface area contributed by atoms with Crippen molar-refractivity contribution >= 4 is 16.6 Å². The molecule has 1 fully saturated rings. The van der Waals surface area contributed by atoms with Gasteiger partial charge in [-0.25, -0.2) is 4.68 Å². The summed E-state index contributed by atoms with van der Waals surface area (Å²) in [7, 11) is 0. The van der Waals surface area contributed by atoms with E-state index >= 15 is 0 Å². The fourth-order valence-corrected chi connectivity index (χ4v) is 3.05. The number of hydrogen-bond donors (Lipinski definition) is 0. The Bertz CT molecular complexity index is 935. The number of hydrogen-bond acceptors (Lipinski definition) is 2. The van der Waals surface area contributed by atoms with Crippen molar-refractivity contribution in [2.45, 2.75) is 25.7 Å². The van der Waals surface area contributed by atoms with E-state index in [-0.39, 0.29) is 0 Å². The topological polar surface area (TPSA) is 41.6 Å². The molecular weight excluding hydrogens is 282 g/mol. The molecule has 112 valence electrons. The van der Waals surface area contributed by atoms with Gasteiger partial charge in [-0.05, 0) is 55.0 Å². The third kappa shape index (κ3) is 2.43. The molecule has 0 unspecified atom stereocenters. The molecule has 0 atom stereocenters. The first-order valence-corrected chi connectivity index (χ1v) is 7.95. The fourth-order valence-electron chi connectivity index (χ4n) is 3.05. The van der Waals surface area contributed by atoms with Gasteiger partial charge in [-0.3, -0.25) is 0 Å². The number of rotatable bonds is 3. The zero-order chi connectivity index (χ0) is 15.8. The van der Waals surface area contributed by atoms with Crippen LogP contribution in [0, 0.1) is 11.3 Å². The molecule has 1 aliphatic carbocycles. The summed E-state index contributed by atoms with van der Waals surface area (Å²) in [6.07, 6.45) is 6.54. The van der Waals surface area contributed by atoms with E-state index in [1.54, 1.807) is 0 Å². The monoisotopic (exact) mass is 299 g/mol. The average molecular weight is 299 g/mol. The van der Waals surface area contributed by atoms with Crippen molar-refractivity contribution < 1.29 is 0 Å². The quantitative estimate of drug-likeness (QED) is 0.703. The van der Waals surface area contributed by atoms with Gasteiger partial charge in [0.25, 0.3) is 0 Å². The summed E-state index contributed by atoms with van der Waals surface area (Å²) < 4.78 is 1.95. The van der Waals surface area contributed by atoms with E-state index in [1.807, 2.05) is 36.0 Å². The van der Waals surface area contributed by atoms with Crippen LogP contribution in [0.25, 0.3) is 16.6 Å². The third-order valence-electron chi connectivity index (χ3n) is 4.45. The van der Waals surface area contributed by atoms with Crippen LogP contribution in [0.5, 0.6) is 0 Å². The molecule has 4 rings (SSSR count). The van der Waals surface area contributed by atoms with Crippen molar-refractivity contribution in [1.29, 1.82) is 5.26 Å². The molecule has 1 aliphatic rings. The Labute approximate surface area is 135 Å². The molecule has 0 spiro atoms. The highest BCUT2D eigenvalue weighted by molar-refractivity contribution is 5.85. The molecule has 3 aromatic rings. The number of aromatic nitrogens is 2. The van der Waals surface area contributed by atoms with E-state index in [0.717, 1.165) is 28.1 Å². The molecule has 3 nitrogen and oxygen atoms in total. The fraction of sp³-hybridized carbons (Fsp3) is 0.200. The lowest BCUT2D eigenvalue weighted by Crippen LogP contribution is -2.00. The van der Waals surface area contributed by atoms with E-state index in [4.69, 9.17) is 5.26 Å². The Morgan fingerprint density at radius 3 is 2.65 bits per heavy atom. The number of fused-ring (bicyclic) bond motifs is 1. The molecule has 0 radical (unpaired) electrons. The van der Waals surface area contributed by atoms with E-state index in [0.29, 0.717) is 5.56 Å². The highest BCUT2D eigenvalue weighted by Crippen LogP contribution is 2.40. The lowest BCUT2D eigenvalue weighted by molar-refractivity contribution is 0.932. The molecule has 3 heteroatoms. The second-order valence-corrected chi connectivity index (χ2v) is 6.01. The summed E-state index contributed by atoms with van der Waals surface area (Å²) in [6.45, 7) is 2.03. The van der Waals surface area contributed by atoms with E-state index in [1.165, 1.54) is 18.4 Å². The molecular formula is C20H17N3. The highest BCUT2D eigenvalue weighted by Gasteiger charge is 2.23. The molecule has 0 bridgehead atoms. The smallest absolute Gasteiger partial charge is 0.0991 e. The first kappa shape index (κ1) is 13.8. The van der Waals surface area contributed by atoms with Gasteiger partial charge in [0.15, 0.2) is 0 Å². The molecule has 0 amide bonds. The highest BCUT2D eigenvalue weighted by atomic mass is 15.3. The molecule has 0 saturated heterocycles. The minimum absolute atomic E-state index is 0.660. The first-order chi connectivity index (χ1) is 11.3. The summed E-state index contributed by atoms with van der Waals surface area (Å²) in [4.78, 5) is 0. The minimum atomic E-state index is 0.660. The van der Waals surface area contributed by atoms with Gasteiger partial charge < -0.3 is 0 Å². The van der Waals surface area contributed by atoms with Crippen molar-refractivity contribution in [3.05, 3.63) is 71.4 Å². The van der Waals surface area contributed by atoms with Gasteiger partial charge in [-0.1, -0.05) is 30.3 Å². The number of nitrogens with zero attached hydrogens (tertiary/aromatic N) is 3. The van der Waals surface area contributed by atoms with Crippen LogP contribution < -0.4 is 0 Å². The van der Waals surface area contributed by atoms with Crippen molar-refractivity contribution in [2.75, 3.05) is 0 Å². The molecule has 23 heavy (non-hydrogen) atoms. The largest absolute Gasteiger partial charge is 0.233 e. The van der Waals surface area contributed by atoms with Crippen LogP contribution in [0.2, 0.25) is 0 Å². The van der Waals surface area contributed by atoms with E-state index in [9.17, 15) is 0 Å². The molecule has 2 aromatic carbocycles. The van der Waals surface area contributed by atoms with Gasteiger partial charge in [-0.2, -0.15) is 10.4 Å². The Kier molecular flexibility index (Phi) is 3.24. The van der Waals surface area contributed by atoms with E-state index in [2.05, 4.69) is 41.5 Å². The lowest BCUT2D eigenvalue weighted by atomic mass is 10.1. The molecule has 1 aromatic heterocycles. The molecule has 1 saturated carbocycles. The second kappa shape index (κ2) is 5.40. The van der Waals surface area contributed by atoms with E-state index < -0.39 is 0 Å². The normalized spacial score (nSPS) is 14.9. The van der Waals surface area contributed by atoms with Crippen molar-refractivity contribution in [3.8, 4) is 6.07 Å². The number of benzene rings is 2. The molecule has 0 aliphatic heterocycles. The van der Waals surface area contributed by atoms with Crippen LogP contribution in [0.15, 0.2) is 54.7 Å². The summed E-state index contributed by atoms with van der Waals surface area (Å²) in [6, 6.07) is 16.7. The van der Waals surface area contributed by atoms with Crippen LogP contribution >= 0.6 is 0 Å². The maximum atomic E-state index is 9.02. The number of allylic oxidation sites excluding steroid dienone is 1. The Morgan fingerprint density at radius 1 is 1.22 bits per heavy atom. The summed E-state index contributed by atoms with van der Waals surface area (Å²) in [5.74, 6) is 0.771. The number of nitriles is 1. The van der Waals surface area contributed by atoms with Gasteiger partial charge in [0, 0.05) is 5.39 Å². The maximum absolute atomic E-state index is 9.02. The second-order valence-electron chi connectivity index (χ2n) is 6.01. The predicted octanol–water partition coefficient (Wildman–Crippen LogP) is 4.69. The van der Waals surface area contributed by atoms with Crippen molar-refractivity contribution in [1.82, 2.24) is 9.78 Å². The Morgan fingerprint density at radius 2 is 2.00 bits per heavy atom. The first-order valence-electron chi connectivity index (χ1n) is 7.95. The third-order valence-corrected chi connectivity index (χ3v) is 4.45. The summed E-state index contributed by atoms with van der Waals surface area (Å²) in [5.41, 5.74) is 5.34.